The highest BCUT2D eigenvalue weighted by molar-refractivity contribution is 5.97. The zero-order valence-electron chi connectivity index (χ0n) is 13.3. The molecule has 23 heavy (non-hydrogen) atoms. The van der Waals surface area contributed by atoms with Crippen molar-refractivity contribution >= 4 is 11.8 Å². The molecule has 1 atom stereocenters. The monoisotopic (exact) mass is 319 g/mol. The average Bonchev–Trinajstić information content (AvgIpc) is 2.51. The van der Waals surface area contributed by atoms with Crippen molar-refractivity contribution in [1.29, 1.82) is 0 Å². The van der Waals surface area contributed by atoms with Gasteiger partial charge in [-0.2, -0.15) is 0 Å². The van der Waals surface area contributed by atoms with Gasteiger partial charge in [-0.3, -0.25) is 14.8 Å². The number of rotatable bonds is 6. The number of ether oxygens (including phenoxy) is 1. The molecule has 0 aliphatic rings. The summed E-state index contributed by atoms with van der Waals surface area (Å²) in [5.74, 6) is 4.77. The van der Waals surface area contributed by atoms with Crippen molar-refractivity contribution < 1.29 is 19.5 Å². The van der Waals surface area contributed by atoms with Crippen molar-refractivity contribution in [3.8, 4) is 17.6 Å². The van der Waals surface area contributed by atoms with Crippen LogP contribution in [0.15, 0.2) is 24.3 Å². The van der Waals surface area contributed by atoms with Crippen molar-refractivity contribution in [2.45, 2.75) is 32.4 Å². The minimum absolute atomic E-state index is 0.266. The Kier molecular flexibility index (Phi) is 6.57. The first kappa shape index (κ1) is 18.5. The minimum Gasteiger partial charge on any atom is -0.481 e. The predicted molar refractivity (Wildman–Crippen MR) is 84.8 cm³/mol. The topological polar surface area (TPSA) is 114 Å². The van der Waals surface area contributed by atoms with E-state index in [0.29, 0.717) is 11.3 Å². The molecule has 1 rings (SSSR count). The number of carbonyl (C=O) groups excluding carboxylic acids is 2. The normalized spacial score (nSPS) is 11.7. The first-order valence-corrected chi connectivity index (χ1v) is 6.95. The number of carbonyl (C=O) groups is 2. The third kappa shape index (κ3) is 5.62. The summed E-state index contributed by atoms with van der Waals surface area (Å²) in [7, 11) is 0. The molecular weight excluding hydrogens is 298 g/mol. The molecule has 2 amide bonds. The second-order valence-corrected chi connectivity index (χ2v) is 5.44. The largest absolute Gasteiger partial charge is 0.481 e. The van der Waals surface area contributed by atoms with Crippen molar-refractivity contribution in [3.05, 3.63) is 29.8 Å². The van der Waals surface area contributed by atoms with E-state index in [1.165, 1.54) is 5.48 Å². The van der Waals surface area contributed by atoms with E-state index in [0.717, 1.165) is 0 Å². The zero-order valence-corrected chi connectivity index (χ0v) is 13.3. The van der Waals surface area contributed by atoms with Gasteiger partial charge in [0.15, 0.2) is 0 Å². The summed E-state index contributed by atoms with van der Waals surface area (Å²) < 4.78 is 5.35. The van der Waals surface area contributed by atoms with Crippen LogP contribution in [0.25, 0.3) is 0 Å². The first-order valence-electron chi connectivity index (χ1n) is 6.95. The van der Waals surface area contributed by atoms with Gasteiger partial charge in [0.05, 0.1) is 0 Å². The highest BCUT2D eigenvalue weighted by Crippen LogP contribution is 2.13. The number of hydrogen-bond acceptors (Lipinski definition) is 5. The lowest BCUT2D eigenvalue weighted by Crippen LogP contribution is -2.61. The van der Waals surface area contributed by atoms with E-state index in [2.05, 4.69) is 17.2 Å². The van der Waals surface area contributed by atoms with Crippen LogP contribution in [0.4, 0.5) is 0 Å². The van der Waals surface area contributed by atoms with Crippen LogP contribution in [0.3, 0.4) is 0 Å². The van der Waals surface area contributed by atoms with Crippen molar-refractivity contribution in [3.63, 3.8) is 0 Å². The molecule has 0 fully saturated rings. The number of nitrogens with one attached hydrogen (secondary N) is 2. The summed E-state index contributed by atoms with van der Waals surface area (Å²) in [5, 5.41) is 11.3. The number of nitrogens with two attached hydrogens (primary N) is 1. The number of hydroxylamine groups is 1. The summed E-state index contributed by atoms with van der Waals surface area (Å²) >= 11 is 0. The van der Waals surface area contributed by atoms with E-state index in [9.17, 15) is 9.59 Å². The molecule has 0 radical (unpaired) electrons. The summed E-state index contributed by atoms with van der Waals surface area (Å²) in [6.45, 7) is 5.12. The predicted octanol–water partition coefficient (Wildman–Crippen LogP) is 0.430. The van der Waals surface area contributed by atoms with E-state index < -0.39 is 23.4 Å². The molecule has 5 N–H and O–H groups in total. The lowest BCUT2D eigenvalue weighted by molar-refractivity contribution is -0.132. The van der Waals surface area contributed by atoms with Crippen molar-refractivity contribution in [2.24, 2.45) is 5.73 Å². The molecule has 0 aliphatic carbocycles. The molecular formula is C16H21N3O4. The van der Waals surface area contributed by atoms with Gasteiger partial charge in [0.2, 0.25) is 0 Å². The third-order valence-electron chi connectivity index (χ3n) is 3.00. The molecule has 0 heterocycles. The Hall–Kier alpha value is -2.56. The fourth-order valence-corrected chi connectivity index (χ4v) is 1.76. The molecule has 0 saturated carbocycles. The van der Waals surface area contributed by atoms with Crippen LogP contribution in [0.1, 0.15) is 31.1 Å². The van der Waals surface area contributed by atoms with Gasteiger partial charge in [0, 0.05) is 11.1 Å². The lowest BCUT2D eigenvalue weighted by Gasteiger charge is -2.29. The van der Waals surface area contributed by atoms with Gasteiger partial charge in [-0.05, 0) is 45.0 Å². The number of hydrogen-bond donors (Lipinski definition) is 4. The zero-order chi connectivity index (χ0) is 17.5. The Morgan fingerprint density at radius 3 is 2.43 bits per heavy atom. The van der Waals surface area contributed by atoms with Gasteiger partial charge in [-0.25, -0.2) is 5.48 Å². The van der Waals surface area contributed by atoms with Gasteiger partial charge in [0.1, 0.15) is 18.4 Å². The summed E-state index contributed by atoms with van der Waals surface area (Å²) in [6, 6.07) is 5.28. The molecule has 1 aromatic rings. The first-order chi connectivity index (χ1) is 10.8. The highest BCUT2D eigenvalue weighted by Gasteiger charge is 2.33. The van der Waals surface area contributed by atoms with Crippen LogP contribution < -0.4 is 21.3 Å². The van der Waals surface area contributed by atoms with Crippen LogP contribution in [-0.2, 0) is 4.79 Å². The van der Waals surface area contributed by atoms with Crippen LogP contribution in [0.5, 0.6) is 5.75 Å². The van der Waals surface area contributed by atoms with Crippen LogP contribution in [0, 0.1) is 11.8 Å². The number of amides is 2. The average molecular weight is 319 g/mol. The Morgan fingerprint density at radius 2 is 1.96 bits per heavy atom. The Morgan fingerprint density at radius 1 is 1.35 bits per heavy atom. The standard InChI is InChI=1S/C16H21N3O4/c1-4-5-10-23-12-8-6-11(7-9-12)14(20)18-13(15(21)19-22)16(2,3)17/h6-9,13,22H,10,17H2,1-3H3,(H,18,20)(H,19,21). The second-order valence-electron chi connectivity index (χ2n) is 5.44. The Balaban J connectivity index is 2.79. The van der Waals surface area contributed by atoms with E-state index >= 15 is 0 Å². The molecule has 0 saturated heterocycles. The summed E-state index contributed by atoms with van der Waals surface area (Å²) in [6.07, 6.45) is 0. The molecule has 1 aromatic carbocycles. The lowest BCUT2D eigenvalue weighted by atomic mass is 9.95. The molecule has 124 valence electrons. The Bertz CT molecular complexity index is 609. The third-order valence-corrected chi connectivity index (χ3v) is 3.00. The van der Waals surface area contributed by atoms with E-state index in [4.69, 9.17) is 15.7 Å². The number of benzene rings is 1. The highest BCUT2D eigenvalue weighted by atomic mass is 16.5. The van der Waals surface area contributed by atoms with Crippen LogP contribution in [-0.4, -0.2) is 35.2 Å². The van der Waals surface area contributed by atoms with Crippen LogP contribution in [0.2, 0.25) is 0 Å². The van der Waals surface area contributed by atoms with E-state index in [1.807, 2.05) is 0 Å². The molecule has 1 unspecified atom stereocenters. The molecule has 7 heteroatoms. The SMILES string of the molecule is CC#CCOc1ccc(C(=O)NC(C(=O)NO)C(C)(C)N)cc1. The second kappa shape index (κ2) is 8.17. The summed E-state index contributed by atoms with van der Waals surface area (Å²) in [5.41, 5.74) is 6.64. The molecule has 7 nitrogen and oxygen atoms in total. The minimum atomic E-state index is -1.09. The fraction of sp³-hybridized carbons (Fsp3) is 0.375. The quantitative estimate of drug-likeness (QED) is 0.345. The fourth-order valence-electron chi connectivity index (χ4n) is 1.76. The maximum absolute atomic E-state index is 12.2. The van der Waals surface area contributed by atoms with Crippen molar-refractivity contribution in [1.82, 2.24) is 10.8 Å². The van der Waals surface area contributed by atoms with Gasteiger partial charge in [0.25, 0.3) is 11.8 Å². The smallest absolute Gasteiger partial charge is 0.267 e. The summed E-state index contributed by atoms with van der Waals surface area (Å²) in [4.78, 5) is 23.8. The molecule has 0 aliphatic heterocycles. The van der Waals surface area contributed by atoms with E-state index in [1.54, 1.807) is 45.0 Å². The maximum atomic E-state index is 12.2. The van der Waals surface area contributed by atoms with E-state index in [-0.39, 0.29) is 6.61 Å². The van der Waals surface area contributed by atoms with Gasteiger partial charge >= 0.3 is 0 Å². The van der Waals surface area contributed by atoms with Gasteiger partial charge in [-0.1, -0.05) is 5.92 Å². The molecule has 0 bridgehead atoms. The van der Waals surface area contributed by atoms with Gasteiger partial charge in [-0.15, -0.1) is 5.92 Å². The molecule has 0 aromatic heterocycles. The van der Waals surface area contributed by atoms with Crippen molar-refractivity contribution in [2.75, 3.05) is 6.61 Å². The van der Waals surface area contributed by atoms with Crippen LogP contribution >= 0.6 is 0 Å². The molecule has 0 spiro atoms. The maximum Gasteiger partial charge on any atom is 0.267 e. The van der Waals surface area contributed by atoms with Gasteiger partial charge < -0.3 is 15.8 Å². The Labute approximate surface area is 135 Å².